The van der Waals surface area contributed by atoms with Gasteiger partial charge in [0.1, 0.15) is 5.71 Å². The molecule has 2 N–H and O–H groups in total. The number of amides is 1. The molecule has 13 heavy (non-hydrogen) atoms. The SMILES string of the molecule is CCN=C(C=C(C)N)C(=O)N=C=S. The Morgan fingerprint density at radius 3 is 2.69 bits per heavy atom. The van der Waals surface area contributed by atoms with Crippen LogP contribution in [0.25, 0.3) is 0 Å². The Morgan fingerprint density at radius 2 is 2.31 bits per heavy atom. The summed E-state index contributed by atoms with van der Waals surface area (Å²) in [6.07, 6.45) is 1.46. The summed E-state index contributed by atoms with van der Waals surface area (Å²) in [6.45, 7) is 3.98. The molecule has 0 rings (SSSR count). The largest absolute Gasteiger partial charge is 0.402 e. The van der Waals surface area contributed by atoms with Crippen LogP contribution in [0.15, 0.2) is 21.8 Å². The molecular weight excluding hydrogens is 186 g/mol. The fraction of sp³-hybridized carbons (Fsp3) is 0.375. The Labute approximate surface area is 82.3 Å². The maximum Gasteiger partial charge on any atom is 0.304 e. The highest BCUT2D eigenvalue weighted by molar-refractivity contribution is 7.78. The van der Waals surface area contributed by atoms with E-state index in [0.29, 0.717) is 12.2 Å². The fourth-order valence-electron chi connectivity index (χ4n) is 0.660. The van der Waals surface area contributed by atoms with Crippen LogP contribution >= 0.6 is 12.2 Å². The average Bonchev–Trinajstić information content (AvgIpc) is 2.03. The summed E-state index contributed by atoms with van der Waals surface area (Å²) in [5.74, 6) is -0.512. The molecule has 70 valence electrons. The van der Waals surface area contributed by atoms with E-state index in [1.54, 1.807) is 6.92 Å². The molecule has 4 nitrogen and oxygen atoms in total. The van der Waals surface area contributed by atoms with Crippen LogP contribution in [0.2, 0.25) is 0 Å². The van der Waals surface area contributed by atoms with Crippen molar-refractivity contribution in [3.8, 4) is 0 Å². The minimum Gasteiger partial charge on any atom is -0.402 e. The first kappa shape index (κ1) is 11.7. The molecule has 0 saturated carbocycles. The van der Waals surface area contributed by atoms with Crippen molar-refractivity contribution in [2.45, 2.75) is 13.8 Å². The van der Waals surface area contributed by atoms with Crippen LogP contribution in [0, 0.1) is 0 Å². The first-order chi connectivity index (χ1) is 6.11. The number of rotatable bonds is 3. The molecule has 0 heterocycles. The quantitative estimate of drug-likeness (QED) is 0.540. The number of isothiocyanates is 1. The molecule has 0 aromatic carbocycles. The number of hydrogen-bond donors (Lipinski definition) is 1. The van der Waals surface area contributed by atoms with Gasteiger partial charge in [-0.15, -0.1) is 0 Å². The van der Waals surface area contributed by atoms with Crippen molar-refractivity contribution in [1.29, 1.82) is 0 Å². The fourth-order valence-corrected chi connectivity index (χ4v) is 0.743. The van der Waals surface area contributed by atoms with Crippen LogP contribution in [-0.2, 0) is 4.79 Å². The van der Waals surface area contributed by atoms with Crippen molar-refractivity contribution >= 4 is 29.0 Å². The molecule has 0 radical (unpaired) electrons. The van der Waals surface area contributed by atoms with Crippen molar-refractivity contribution in [1.82, 2.24) is 0 Å². The van der Waals surface area contributed by atoms with Crippen molar-refractivity contribution < 1.29 is 4.79 Å². The number of carbonyl (C=O) groups is 1. The Kier molecular flexibility index (Phi) is 5.59. The number of carbonyl (C=O) groups excluding carboxylic acids is 1. The second-order valence-corrected chi connectivity index (χ2v) is 2.44. The van der Waals surface area contributed by atoms with E-state index < -0.39 is 5.91 Å². The van der Waals surface area contributed by atoms with Gasteiger partial charge in [-0.2, -0.15) is 4.99 Å². The monoisotopic (exact) mass is 197 g/mol. The minimum atomic E-state index is -0.512. The molecule has 0 unspecified atom stereocenters. The highest BCUT2D eigenvalue weighted by Gasteiger charge is 2.05. The third-order valence-corrected chi connectivity index (χ3v) is 1.15. The molecule has 0 aliphatic heterocycles. The Bertz CT molecular complexity index is 297. The van der Waals surface area contributed by atoms with Gasteiger partial charge >= 0.3 is 5.91 Å². The Morgan fingerprint density at radius 1 is 1.69 bits per heavy atom. The van der Waals surface area contributed by atoms with Gasteiger partial charge in [0.05, 0.1) is 5.16 Å². The minimum absolute atomic E-state index is 0.208. The molecule has 0 spiro atoms. The smallest absolute Gasteiger partial charge is 0.304 e. The lowest BCUT2D eigenvalue weighted by Crippen LogP contribution is -2.11. The summed E-state index contributed by atoms with van der Waals surface area (Å²) >= 11 is 4.30. The first-order valence-electron chi connectivity index (χ1n) is 3.72. The van der Waals surface area contributed by atoms with Gasteiger partial charge in [-0.25, -0.2) is 0 Å². The molecule has 0 aliphatic rings. The summed E-state index contributed by atoms with van der Waals surface area (Å²) in [5.41, 5.74) is 6.11. The van der Waals surface area contributed by atoms with E-state index in [9.17, 15) is 4.79 Å². The van der Waals surface area contributed by atoms with Crippen molar-refractivity contribution in [2.24, 2.45) is 15.7 Å². The van der Waals surface area contributed by atoms with Crippen LogP contribution in [-0.4, -0.2) is 23.3 Å². The van der Waals surface area contributed by atoms with Gasteiger partial charge in [-0.3, -0.25) is 9.79 Å². The van der Waals surface area contributed by atoms with E-state index in [4.69, 9.17) is 5.73 Å². The number of hydrogen-bond acceptors (Lipinski definition) is 4. The van der Waals surface area contributed by atoms with Crippen molar-refractivity contribution in [2.75, 3.05) is 6.54 Å². The maximum absolute atomic E-state index is 11.1. The number of allylic oxidation sites excluding steroid dienone is 1. The third kappa shape index (κ3) is 5.00. The van der Waals surface area contributed by atoms with Crippen molar-refractivity contribution in [3.63, 3.8) is 0 Å². The number of thiocarbonyl (C=S) groups is 1. The Hall–Kier alpha value is -1.32. The zero-order valence-corrected chi connectivity index (χ0v) is 8.39. The standard InChI is InChI=1S/C8H11N3OS/c1-3-10-7(4-6(2)9)8(12)11-5-13/h4H,3,9H2,1-2H3. The summed E-state index contributed by atoms with van der Waals surface area (Å²) < 4.78 is 0. The molecule has 0 saturated heterocycles. The first-order valence-corrected chi connectivity index (χ1v) is 4.13. The van der Waals surface area contributed by atoms with Gasteiger partial charge in [-0.1, -0.05) is 0 Å². The van der Waals surface area contributed by atoms with Gasteiger partial charge in [0.2, 0.25) is 0 Å². The van der Waals surface area contributed by atoms with E-state index in [1.165, 1.54) is 6.08 Å². The van der Waals surface area contributed by atoms with Crippen LogP contribution in [0.1, 0.15) is 13.8 Å². The molecule has 0 aromatic heterocycles. The van der Waals surface area contributed by atoms with E-state index in [1.807, 2.05) is 12.1 Å². The summed E-state index contributed by atoms with van der Waals surface area (Å²) in [5, 5.41) is 1.99. The lowest BCUT2D eigenvalue weighted by atomic mass is 10.3. The van der Waals surface area contributed by atoms with E-state index in [0.717, 1.165) is 0 Å². The zero-order chi connectivity index (χ0) is 10.3. The number of aliphatic imine (C=N–C) groups is 2. The van der Waals surface area contributed by atoms with Crippen LogP contribution in [0.5, 0.6) is 0 Å². The number of nitrogens with zero attached hydrogens (tertiary/aromatic N) is 2. The lowest BCUT2D eigenvalue weighted by molar-refractivity contribution is -0.111. The zero-order valence-electron chi connectivity index (χ0n) is 7.57. The topological polar surface area (TPSA) is 67.8 Å². The van der Waals surface area contributed by atoms with Gasteiger partial charge in [-0.05, 0) is 32.1 Å². The van der Waals surface area contributed by atoms with Gasteiger partial charge < -0.3 is 5.73 Å². The predicted molar refractivity (Wildman–Crippen MR) is 56.0 cm³/mol. The molecule has 0 aliphatic carbocycles. The van der Waals surface area contributed by atoms with E-state index in [2.05, 4.69) is 22.2 Å². The Balaban J connectivity index is 4.83. The second kappa shape index (κ2) is 6.22. The molecule has 0 aromatic rings. The summed E-state index contributed by atoms with van der Waals surface area (Å²) in [7, 11) is 0. The van der Waals surface area contributed by atoms with Gasteiger partial charge in [0.25, 0.3) is 0 Å². The van der Waals surface area contributed by atoms with Crippen LogP contribution < -0.4 is 5.73 Å². The molecule has 5 heteroatoms. The average molecular weight is 197 g/mol. The van der Waals surface area contributed by atoms with Crippen LogP contribution in [0.3, 0.4) is 0 Å². The van der Waals surface area contributed by atoms with E-state index in [-0.39, 0.29) is 5.71 Å². The maximum atomic E-state index is 11.1. The molecule has 0 fully saturated rings. The summed E-state index contributed by atoms with van der Waals surface area (Å²) in [4.78, 5) is 18.3. The molecule has 0 bridgehead atoms. The highest BCUT2D eigenvalue weighted by atomic mass is 32.1. The number of nitrogens with two attached hydrogens (primary N) is 1. The lowest BCUT2D eigenvalue weighted by Gasteiger charge is -1.94. The third-order valence-electron chi connectivity index (χ3n) is 1.06. The molecular formula is C8H11N3OS. The van der Waals surface area contributed by atoms with Gasteiger partial charge in [0, 0.05) is 12.2 Å². The predicted octanol–water partition coefficient (Wildman–Crippen LogP) is 0.939. The molecule has 0 atom stereocenters. The second-order valence-electron chi connectivity index (χ2n) is 2.26. The van der Waals surface area contributed by atoms with Gasteiger partial charge in [0.15, 0.2) is 0 Å². The normalized spacial score (nSPS) is 12.2. The van der Waals surface area contributed by atoms with Crippen molar-refractivity contribution in [3.05, 3.63) is 11.8 Å². The highest BCUT2D eigenvalue weighted by Crippen LogP contribution is 1.90. The summed E-state index contributed by atoms with van der Waals surface area (Å²) in [6, 6.07) is 0. The molecule has 1 amide bonds. The van der Waals surface area contributed by atoms with Crippen LogP contribution in [0.4, 0.5) is 0 Å². The van der Waals surface area contributed by atoms with E-state index >= 15 is 0 Å².